The topological polar surface area (TPSA) is 60.7 Å². The average Bonchev–Trinajstić information content (AvgIpc) is 2.31. The molecule has 1 atom stereocenters. The Kier molecular flexibility index (Phi) is 11.9. The zero-order chi connectivity index (χ0) is 13.7. The lowest BCUT2D eigenvalue weighted by molar-refractivity contribution is 0.0232. The van der Waals surface area contributed by atoms with Gasteiger partial charge in [-0.1, -0.05) is 51.4 Å². The molecule has 18 heavy (non-hydrogen) atoms. The van der Waals surface area contributed by atoms with E-state index in [1.807, 2.05) is 6.92 Å². The quantitative estimate of drug-likeness (QED) is 0.446. The van der Waals surface area contributed by atoms with Crippen LogP contribution in [0.1, 0.15) is 77.6 Å². The Morgan fingerprint density at radius 2 is 1.06 bits per heavy atom. The molecule has 0 fully saturated rings. The van der Waals surface area contributed by atoms with Gasteiger partial charge >= 0.3 is 0 Å². The second-order valence-corrected chi connectivity index (χ2v) is 5.63. The fourth-order valence-electron chi connectivity index (χ4n) is 2.22. The monoisotopic (exact) mass is 260 g/mol. The molecule has 0 aromatic carbocycles. The fraction of sp³-hybridized carbons (Fsp3) is 1.00. The molecule has 0 saturated heterocycles. The van der Waals surface area contributed by atoms with Crippen LogP contribution in [0.2, 0.25) is 0 Å². The van der Waals surface area contributed by atoms with Gasteiger partial charge in [0.2, 0.25) is 0 Å². The van der Waals surface area contributed by atoms with E-state index in [9.17, 15) is 5.11 Å². The maximum Gasteiger partial charge on any atom is 0.0641 e. The molecule has 0 radical (unpaired) electrons. The van der Waals surface area contributed by atoms with Gasteiger partial charge in [-0.05, 0) is 26.2 Å². The van der Waals surface area contributed by atoms with Crippen molar-refractivity contribution in [3.63, 3.8) is 0 Å². The van der Waals surface area contributed by atoms with Crippen LogP contribution in [0.5, 0.6) is 0 Å². The van der Waals surface area contributed by atoms with E-state index in [2.05, 4.69) is 0 Å². The predicted octanol–water partition coefficient (Wildman–Crippen LogP) is 3.01. The summed E-state index contributed by atoms with van der Waals surface area (Å²) in [6, 6.07) is 0. The molecule has 0 aromatic rings. The smallest absolute Gasteiger partial charge is 0.0641 e. The first-order chi connectivity index (χ1) is 8.62. The number of unbranched alkanes of at least 4 members (excludes halogenated alkanes) is 8. The van der Waals surface area contributed by atoms with Crippen molar-refractivity contribution in [2.75, 3.05) is 13.2 Å². The Hall–Kier alpha value is -0.120. The molecule has 0 saturated carbocycles. The molecule has 3 N–H and O–H groups in total. The molecule has 0 heterocycles. The lowest BCUT2D eigenvalue weighted by Gasteiger charge is -2.21. The first kappa shape index (κ1) is 17.9. The zero-order valence-corrected chi connectivity index (χ0v) is 12.0. The van der Waals surface area contributed by atoms with E-state index in [4.69, 9.17) is 10.2 Å². The van der Waals surface area contributed by atoms with Crippen LogP contribution in [0.4, 0.5) is 0 Å². The van der Waals surface area contributed by atoms with Gasteiger partial charge in [0, 0.05) is 13.2 Å². The Balaban J connectivity index is 3.16. The SMILES string of the molecule is CC(O)(CCO)CCCCCCCCCCCO. The van der Waals surface area contributed by atoms with Crippen LogP contribution in [0.3, 0.4) is 0 Å². The first-order valence-electron chi connectivity index (χ1n) is 7.56. The molecule has 0 spiro atoms. The molecule has 0 bridgehead atoms. The predicted molar refractivity (Wildman–Crippen MR) is 75.6 cm³/mol. The second-order valence-electron chi connectivity index (χ2n) is 5.63. The molecular formula is C15H32O3. The summed E-state index contributed by atoms with van der Waals surface area (Å²) in [5, 5.41) is 27.3. The van der Waals surface area contributed by atoms with Gasteiger partial charge in [0.15, 0.2) is 0 Å². The average molecular weight is 260 g/mol. The van der Waals surface area contributed by atoms with Crippen molar-refractivity contribution >= 4 is 0 Å². The normalized spacial score (nSPS) is 14.7. The molecule has 3 heteroatoms. The summed E-state index contributed by atoms with van der Waals surface area (Å²) in [4.78, 5) is 0. The van der Waals surface area contributed by atoms with E-state index in [0.717, 1.165) is 25.7 Å². The van der Waals surface area contributed by atoms with Crippen LogP contribution in [0.25, 0.3) is 0 Å². The van der Waals surface area contributed by atoms with Crippen LogP contribution in [-0.4, -0.2) is 34.1 Å². The third kappa shape index (κ3) is 12.3. The Labute approximate surface area is 112 Å². The van der Waals surface area contributed by atoms with Crippen molar-refractivity contribution in [3.05, 3.63) is 0 Å². The minimum atomic E-state index is -0.682. The Morgan fingerprint density at radius 1 is 0.611 bits per heavy atom. The van der Waals surface area contributed by atoms with Crippen molar-refractivity contribution in [1.29, 1.82) is 0 Å². The van der Waals surface area contributed by atoms with Gasteiger partial charge in [-0.15, -0.1) is 0 Å². The van der Waals surface area contributed by atoms with Crippen LogP contribution >= 0.6 is 0 Å². The Morgan fingerprint density at radius 3 is 1.50 bits per heavy atom. The lowest BCUT2D eigenvalue weighted by Crippen LogP contribution is -2.25. The van der Waals surface area contributed by atoms with Gasteiger partial charge in [0.1, 0.15) is 0 Å². The molecule has 0 aliphatic rings. The number of rotatable bonds is 13. The summed E-state index contributed by atoms with van der Waals surface area (Å²) in [6.07, 6.45) is 11.9. The van der Waals surface area contributed by atoms with Crippen molar-refractivity contribution in [3.8, 4) is 0 Å². The standard InChI is InChI=1S/C15H32O3/c1-15(18,12-14-17)11-9-7-5-3-2-4-6-8-10-13-16/h16-18H,2-14H2,1H3. The van der Waals surface area contributed by atoms with E-state index in [-0.39, 0.29) is 6.61 Å². The highest BCUT2D eigenvalue weighted by Gasteiger charge is 2.18. The van der Waals surface area contributed by atoms with E-state index in [1.165, 1.54) is 38.5 Å². The molecule has 3 nitrogen and oxygen atoms in total. The Bertz CT molecular complexity index is 169. The number of hydrogen-bond acceptors (Lipinski definition) is 3. The van der Waals surface area contributed by atoms with E-state index in [1.54, 1.807) is 0 Å². The number of aliphatic hydroxyl groups excluding tert-OH is 2. The van der Waals surface area contributed by atoms with Crippen molar-refractivity contribution in [2.24, 2.45) is 0 Å². The van der Waals surface area contributed by atoms with Gasteiger partial charge in [0.05, 0.1) is 5.60 Å². The van der Waals surface area contributed by atoms with E-state index >= 15 is 0 Å². The maximum absolute atomic E-state index is 9.86. The summed E-state index contributed by atoms with van der Waals surface area (Å²) in [5.41, 5.74) is -0.682. The first-order valence-corrected chi connectivity index (χ1v) is 7.56. The maximum atomic E-state index is 9.86. The molecule has 110 valence electrons. The molecule has 1 unspecified atom stereocenters. The molecule has 0 aromatic heterocycles. The third-order valence-electron chi connectivity index (χ3n) is 3.52. The van der Waals surface area contributed by atoms with Gasteiger partial charge < -0.3 is 15.3 Å². The highest BCUT2D eigenvalue weighted by molar-refractivity contribution is 4.71. The highest BCUT2D eigenvalue weighted by Crippen LogP contribution is 2.19. The zero-order valence-electron chi connectivity index (χ0n) is 12.0. The van der Waals surface area contributed by atoms with E-state index < -0.39 is 5.60 Å². The minimum Gasteiger partial charge on any atom is -0.396 e. The van der Waals surface area contributed by atoms with Gasteiger partial charge in [0.25, 0.3) is 0 Å². The van der Waals surface area contributed by atoms with E-state index in [0.29, 0.717) is 13.0 Å². The molecular weight excluding hydrogens is 228 g/mol. The van der Waals surface area contributed by atoms with Crippen molar-refractivity contribution in [1.82, 2.24) is 0 Å². The van der Waals surface area contributed by atoms with Gasteiger partial charge in [-0.3, -0.25) is 0 Å². The highest BCUT2D eigenvalue weighted by atomic mass is 16.3. The third-order valence-corrected chi connectivity index (χ3v) is 3.52. The summed E-state index contributed by atoms with van der Waals surface area (Å²) >= 11 is 0. The number of aliphatic hydroxyl groups is 3. The molecule has 0 aliphatic heterocycles. The van der Waals surface area contributed by atoms with Gasteiger partial charge in [-0.25, -0.2) is 0 Å². The molecule has 0 aliphatic carbocycles. The minimum absolute atomic E-state index is 0.0703. The summed E-state index contributed by atoms with van der Waals surface area (Å²) in [6.45, 7) is 2.21. The summed E-state index contributed by atoms with van der Waals surface area (Å²) in [7, 11) is 0. The molecule has 0 amide bonds. The van der Waals surface area contributed by atoms with Crippen LogP contribution in [-0.2, 0) is 0 Å². The second kappa shape index (κ2) is 11.9. The van der Waals surface area contributed by atoms with Crippen LogP contribution in [0.15, 0.2) is 0 Å². The molecule has 0 rings (SSSR count). The number of hydrogen-bond donors (Lipinski definition) is 3. The lowest BCUT2D eigenvalue weighted by atomic mass is 9.94. The summed E-state index contributed by atoms with van der Waals surface area (Å²) < 4.78 is 0. The van der Waals surface area contributed by atoms with Crippen molar-refractivity contribution in [2.45, 2.75) is 83.2 Å². The van der Waals surface area contributed by atoms with Gasteiger partial charge in [-0.2, -0.15) is 0 Å². The largest absolute Gasteiger partial charge is 0.396 e. The van der Waals surface area contributed by atoms with Crippen molar-refractivity contribution < 1.29 is 15.3 Å². The summed E-state index contributed by atoms with van der Waals surface area (Å²) in [5.74, 6) is 0. The van der Waals surface area contributed by atoms with Crippen LogP contribution < -0.4 is 0 Å². The van der Waals surface area contributed by atoms with Crippen LogP contribution in [0, 0.1) is 0 Å². The fourth-order valence-corrected chi connectivity index (χ4v) is 2.22.